The summed E-state index contributed by atoms with van der Waals surface area (Å²) >= 11 is 9.56. The lowest BCUT2D eigenvalue weighted by molar-refractivity contribution is 0.0225. The first kappa shape index (κ1) is 15.4. The molecule has 1 amide bonds. The molecule has 0 fully saturated rings. The molecule has 1 aromatic carbocycles. The second kappa shape index (κ2) is 5.82. The number of hydrogen-bond donors (Lipinski definition) is 0. The minimum absolute atomic E-state index is 0.343. The maximum absolute atomic E-state index is 12.1. The first-order valence-electron chi connectivity index (χ1n) is 6.35. The molecule has 0 saturated heterocycles. The van der Waals surface area contributed by atoms with Crippen LogP contribution in [0.25, 0.3) is 0 Å². The Morgan fingerprint density at radius 3 is 2.80 bits per heavy atom. The summed E-state index contributed by atoms with van der Waals surface area (Å²) in [6, 6.07) is 3.69. The van der Waals surface area contributed by atoms with Crippen molar-refractivity contribution in [3.8, 4) is 5.75 Å². The van der Waals surface area contributed by atoms with Crippen molar-refractivity contribution in [3.63, 3.8) is 0 Å². The van der Waals surface area contributed by atoms with Crippen LogP contribution in [0.4, 0.5) is 4.79 Å². The van der Waals surface area contributed by atoms with Crippen LogP contribution in [-0.2, 0) is 11.3 Å². The highest BCUT2D eigenvalue weighted by molar-refractivity contribution is 9.10. The topological polar surface area (TPSA) is 38.8 Å². The van der Waals surface area contributed by atoms with Gasteiger partial charge in [-0.1, -0.05) is 27.5 Å². The fourth-order valence-electron chi connectivity index (χ4n) is 1.92. The number of rotatable bonds is 0. The fourth-order valence-corrected chi connectivity index (χ4v) is 2.85. The Morgan fingerprint density at radius 2 is 2.15 bits per heavy atom. The second-order valence-corrected chi connectivity index (χ2v) is 6.95. The number of carbonyl (C=O) groups excluding carboxylic acids is 1. The number of fused-ring (bicyclic) bond motifs is 1. The Balaban J connectivity index is 2.22. The minimum Gasteiger partial charge on any atom is -0.490 e. The summed E-state index contributed by atoms with van der Waals surface area (Å²) < 4.78 is 11.9. The van der Waals surface area contributed by atoms with Gasteiger partial charge in [-0.25, -0.2) is 4.79 Å². The van der Waals surface area contributed by atoms with Crippen molar-refractivity contribution in [1.29, 1.82) is 0 Å². The van der Waals surface area contributed by atoms with Crippen LogP contribution in [0.15, 0.2) is 16.6 Å². The number of ether oxygens (including phenoxy) is 2. The first-order chi connectivity index (χ1) is 9.26. The Bertz CT molecular complexity index is 528. The molecule has 0 N–H and O–H groups in total. The van der Waals surface area contributed by atoms with Crippen molar-refractivity contribution in [1.82, 2.24) is 4.90 Å². The third-order valence-electron chi connectivity index (χ3n) is 2.71. The van der Waals surface area contributed by atoms with Crippen LogP contribution in [-0.4, -0.2) is 29.7 Å². The molecule has 2 rings (SSSR count). The summed E-state index contributed by atoms with van der Waals surface area (Å²) in [4.78, 5) is 13.8. The Kier molecular flexibility index (Phi) is 4.49. The molecule has 1 aliphatic rings. The van der Waals surface area contributed by atoms with Crippen molar-refractivity contribution in [2.75, 3.05) is 13.2 Å². The Labute approximate surface area is 132 Å². The van der Waals surface area contributed by atoms with Crippen LogP contribution >= 0.6 is 27.5 Å². The van der Waals surface area contributed by atoms with Gasteiger partial charge in [-0.2, -0.15) is 0 Å². The normalized spacial score (nSPS) is 15.2. The van der Waals surface area contributed by atoms with E-state index in [1.54, 1.807) is 11.0 Å². The number of carbonyl (C=O) groups is 1. The molecule has 0 aliphatic carbocycles. The van der Waals surface area contributed by atoms with E-state index in [9.17, 15) is 4.79 Å². The lowest BCUT2D eigenvalue weighted by atomic mass is 10.2. The van der Waals surface area contributed by atoms with Crippen molar-refractivity contribution in [2.24, 2.45) is 0 Å². The van der Waals surface area contributed by atoms with Crippen molar-refractivity contribution >= 4 is 33.6 Å². The van der Waals surface area contributed by atoms with Crippen LogP contribution in [0, 0.1) is 0 Å². The largest absolute Gasteiger partial charge is 0.490 e. The highest BCUT2D eigenvalue weighted by atomic mass is 79.9. The van der Waals surface area contributed by atoms with Gasteiger partial charge in [-0.3, -0.25) is 0 Å². The highest BCUT2D eigenvalue weighted by Gasteiger charge is 2.26. The van der Waals surface area contributed by atoms with Gasteiger partial charge in [0.2, 0.25) is 0 Å². The molecule has 0 spiro atoms. The van der Waals surface area contributed by atoms with E-state index in [0.717, 1.165) is 10.0 Å². The Morgan fingerprint density at radius 1 is 1.45 bits per heavy atom. The number of amides is 1. The summed E-state index contributed by atoms with van der Waals surface area (Å²) in [5.41, 5.74) is 0.356. The fraction of sp³-hybridized carbons (Fsp3) is 0.500. The quantitative estimate of drug-likeness (QED) is 0.693. The van der Waals surface area contributed by atoms with E-state index < -0.39 is 5.60 Å². The van der Waals surface area contributed by atoms with E-state index in [2.05, 4.69) is 15.9 Å². The SMILES string of the molecule is CC(C)(C)OC(=O)N1CCOc2c(Cl)cc(Br)cc2C1. The van der Waals surface area contributed by atoms with E-state index in [1.165, 1.54) is 0 Å². The predicted octanol–water partition coefficient (Wildman–Crippen LogP) is 4.23. The molecule has 1 heterocycles. The summed E-state index contributed by atoms with van der Waals surface area (Å²) in [5.74, 6) is 0.640. The molecule has 0 radical (unpaired) electrons. The van der Waals surface area contributed by atoms with Gasteiger partial charge in [0.25, 0.3) is 0 Å². The number of hydrogen-bond acceptors (Lipinski definition) is 3. The molecular weight excluding hydrogens is 346 g/mol. The summed E-state index contributed by atoms with van der Waals surface area (Å²) in [6.45, 7) is 6.83. The lowest BCUT2D eigenvalue weighted by Gasteiger charge is -2.26. The molecule has 0 saturated carbocycles. The molecule has 1 aliphatic heterocycles. The summed E-state index contributed by atoms with van der Waals surface area (Å²) in [7, 11) is 0. The van der Waals surface area contributed by atoms with E-state index in [0.29, 0.717) is 30.5 Å². The standard InChI is InChI=1S/C14H17BrClNO3/c1-14(2,3)20-13(18)17-4-5-19-12-9(8-17)6-10(15)7-11(12)16/h6-7H,4-5,8H2,1-3H3. The number of benzene rings is 1. The second-order valence-electron chi connectivity index (χ2n) is 5.63. The first-order valence-corrected chi connectivity index (χ1v) is 7.52. The van der Waals surface area contributed by atoms with Gasteiger partial charge in [-0.15, -0.1) is 0 Å². The zero-order valence-corrected chi connectivity index (χ0v) is 14.0. The van der Waals surface area contributed by atoms with E-state index in [4.69, 9.17) is 21.1 Å². The van der Waals surface area contributed by atoms with Gasteiger partial charge in [0.1, 0.15) is 18.0 Å². The van der Waals surface area contributed by atoms with E-state index >= 15 is 0 Å². The van der Waals surface area contributed by atoms with Crippen molar-refractivity contribution in [2.45, 2.75) is 32.9 Å². The number of halogens is 2. The van der Waals surface area contributed by atoms with Gasteiger partial charge < -0.3 is 14.4 Å². The maximum Gasteiger partial charge on any atom is 0.410 e. The molecule has 0 unspecified atom stereocenters. The third kappa shape index (κ3) is 3.79. The molecule has 110 valence electrons. The predicted molar refractivity (Wildman–Crippen MR) is 81.3 cm³/mol. The van der Waals surface area contributed by atoms with Crippen LogP contribution in [0.1, 0.15) is 26.3 Å². The van der Waals surface area contributed by atoms with Crippen LogP contribution < -0.4 is 4.74 Å². The molecule has 4 nitrogen and oxygen atoms in total. The molecule has 6 heteroatoms. The highest BCUT2D eigenvalue weighted by Crippen LogP contribution is 2.34. The molecule has 20 heavy (non-hydrogen) atoms. The van der Waals surface area contributed by atoms with Gasteiger partial charge in [0.15, 0.2) is 0 Å². The van der Waals surface area contributed by atoms with Gasteiger partial charge in [0.05, 0.1) is 18.1 Å². The zero-order chi connectivity index (χ0) is 14.9. The van der Waals surface area contributed by atoms with Crippen molar-refractivity contribution in [3.05, 3.63) is 27.2 Å². The van der Waals surface area contributed by atoms with Crippen LogP contribution in [0.3, 0.4) is 0 Å². The minimum atomic E-state index is -0.512. The van der Waals surface area contributed by atoms with Gasteiger partial charge in [0, 0.05) is 10.0 Å². The monoisotopic (exact) mass is 361 g/mol. The van der Waals surface area contributed by atoms with Gasteiger partial charge >= 0.3 is 6.09 Å². The smallest absolute Gasteiger partial charge is 0.410 e. The molecular formula is C14H17BrClNO3. The molecule has 0 aromatic heterocycles. The zero-order valence-electron chi connectivity index (χ0n) is 11.7. The third-order valence-corrected chi connectivity index (χ3v) is 3.44. The van der Waals surface area contributed by atoms with Crippen molar-refractivity contribution < 1.29 is 14.3 Å². The lowest BCUT2D eigenvalue weighted by Crippen LogP contribution is -2.37. The van der Waals surface area contributed by atoms with Crippen LogP contribution in [0.2, 0.25) is 5.02 Å². The van der Waals surface area contributed by atoms with E-state index in [-0.39, 0.29) is 6.09 Å². The molecule has 0 bridgehead atoms. The average Bonchev–Trinajstić information content (AvgIpc) is 2.48. The average molecular weight is 363 g/mol. The maximum atomic E-state index is 12.1. The van der Waals surface area contributed by atoms with Crippen LogP contribution in [0.5, 0.6) is 5.75 Å². The van der Waals surface area contributed by atoms with E-state index in [1.807, 2.05) is 26.8 Å². The summed E-state index contributed by atoms with van der Waals surface area (Å²) in [5, 5.41) is 0.542. The van der Waals surface area contributed by atoms with Gasteiger partial charge in [-0.05, 0) is 32.9 Å². The number of nitrogens with zero attached hydrogens (tertiary/aromatic N) is 1. The molecule has 1 aromatic rings. The Hall–Kier alpha value is -0.940. The molecule has 0 atom stereocenters. The summed E-state index contributed by atoms with van der Waals surface area (Å²) in [6.07, 6.45) is -0.343.